The maximum absolute atomic E-state index is 12.9. The van der Waals surface area contributed by atoms with E-state index in [0.717, 1.165) is 18.4 Å². The van der Waals surface area contributed by atoms with E-state index in [4.69, 9.17) is 4.74 Å². The molecular formula is C18H23NO2. The quantitative estimate of drug-likeness (QED) is 0.766. The molecule has 1 amide bonds. The first-order valence-corrected chi connectivity index (χ1v) is 7.29. The average molecular weight is 285 g/mol. The van der Waals surface area contributed by atoms with Gasteiger partial charge in [0.1, 0.15) is 5.76 Å². The zero-order valence-electron chi connectivity index (χ0n) is 13.1. The Labute approximate surface area is 126 Å². The molecule has 0 saturated carbocycles. The van der Waals surface area contributed by atoms with Crippen LogP contribution in [0.4, 0.5) is 0 Å². The van der Waals surface area contributed by atoms with Gasteiger partial charge >= 0.3 is 0 Å². The van der Waals surface area contributed by atoms with Crippen molar-refractivity contribution in [2.75, 3.05) is 6.73 Å². The summed E-state index contributed by atoms with van der Waals surface area (Å²) in [4.78, 5) is 14.7. The fourth-order valence-electron chi connectivity index (χ4n) is 2.55. The molecule has 1 heterocycles. The smallest absolute Gasteiger partial charge is 0.260 e. The molecule has 21 heavy (non-hydrogen) atoms. The Bertz CT molecular complexity index is 558. The van der Waals surface area contributed by atoms with E-state index in [1.165, 1.54) is 0 Å². The molecule has 0 saturated heterocycles. The Hall–Kier alpha value is -2.03. The van der Waals surface area contributed by atoms with Crippen LogP contribution in [0.1, 0.15) is 39.2 Å². The number of ether oxygens (including phenoxy) is 1. The van der Waals surface area contributed by atoms with Crippen LogP contribution >= 0.6 is 0 Å². The molecule has 3 heteroatoms. The van der Waals surface area contributed by atoms with Crippen LogP contribution in [0.15, 0.2) is 48.7 Å². The summed E-state index contributed by atoms with van der Waals surface area (Å²) in [6.07, 6.45) is 3.63. The molecular weight excluding hydrogens is 262 g/mol. The second kappa shape index (κ2) is 6.17. The molecule has 0 radical (unpaired) electrons. The van der Waals surface area contributed by atoms with Gasteiger partial charge in [0.05, 0.1) is 5.57 Å². The third kappa shape index (κ3) is 3.18. The lowest BCUT2D eigenvalue weighted by molar-refractivity contribution is -0.139. The van der Waals surface area contributed by atoms with Gasteiger partial charge in [-0.15, -0.1) is 6.58 Å². The second-order valence-corrected chi connectivity index (χ2v) is 5.94. The van der Waals surface area contributed by atoms with Crippen LogP contribution < -0.4 is 0 Å². The molecule has 1 aliphatic rings. The lowest BCUT2D eigenvalue weighted by Crippen LogP contribution is -2.51. The minimum absolute atomic E-state index is 0.0408. The molecule has 112 valence electrons. The normalized spacial score (nSPS) is 16.0. The number of benzene rings is 1. The van der Waals surface area contributed by atoms with Crippen LogP contribution in [0.2, 0.25) is 0 Å². The minimum Gasteiger partial charge on any atom is -0.477 e. The van der Waals surface area contributed by atoms with Crippen molar-refractivity contribution in [3.05, 3.63) is 54.3 Å². The third-order valence-corrected chi connectivity index (χ3v) is 3.97. The van der Waals surface area contributed by atoms with E-state index in [0.29, 0.717) is 18.1 Å². The number of carbonyl (C=O) groups excluding carboxylic acids is 1. The van der Waals surface area contributed by atoms with Crippen molar-refractivity contribution in [1.82, 2.24) is 4.90 Å². The van der Waals surface area contributed by atoms with Crippen molar-refractivity contribution >= 4 is 11.5 Å². The highest BCUT2D eigenvalue weighted by Gasteiger charge is 2.36. The first kappa shape index (κ1) is 15.4. The monoisotopic (exact) mass is 285 g/mol. The van der Waals surface area contributed by atoms with Gasteiger partial charge in [0.15, 0.2) is 6.73 Å². The third-order valence-electron chi connectivity index (χ3n) is 3.97. The van der Waals surface area contributed by atoms with E-state index in [1.807, 2.05) is 48.2 Å². The van der Waals surface area contributed by atoms with Gasteiger partial charge in [-0.2, -0.15) is 0 Å². The molecule has 0 spiro atoms. The van der Waals surface area contributed by atoms with Gasteiger partial charge in [0, 0.05) is 5.54 Å². The molecule has 0 bridgehead atoms. The SMILES string of the molecule is C=CCCC(C)(C)N1COC(C)=C(c2ccccc2)C1=O. The summed E-state index contributed by atoms with van der Waals surface area (Å²) in [5.41, 5.74) is 1.31. The topological polar surface area (TPSA) is 29.5 Å². The van der Waals surface area contributed by atoms with Gasteiger partial charge in [0.25, 0.3) is 5.91 Å². The first-order chi connectivity index (χ1) is 9.97. The highest BCUT2D eigenvalue weighted by molar-refractivity contribution is 6.20. The standard InChI is InChI=1S/C18H23NO2/c1-5-6-12-18(3,4)19-13-21-14(2)16(17(19)20)15-10-8-7-9-11-15/h5,7-11H,1,6,12-13H2,2-4H3. The van der Waals surface area contributed by atoms with E-state index in [-0.39, 0.29) is 11.4 Å². The van der Waals surface area contributed by atoms with Crippen molar-refractivity contribution in [3.63, 3.8) is 0 Å². The number of hydrogen-bond acceptors (Lipinski definition) is 2. The summed E-state index contributed by atoms with van der Waals surface area (Å²) in [6.45, 7) is 10.1. The molecule has 0 aromatic heterocycles. The van der Waals surface area contributed by atoms with Crippen molar-refractivity contribution in [3.8, 4) is 0 Å². The van der Waals surface area contributed by atoms with Crippen LogP contribution in [0.25, 0.3) is 5.57 Å². The molecule has 2 rings (SSSR count). The summed E-state index contributed by atoms with van der Waals surface area (Å²) < 4.78 is 5.75. The van der Waals surface area contributed by atoms with E-state index in [1.54, 1.807) is 0 Å². The number of nitrogens with zero attached hydrogens (tertiary/aromatic N) is 1. The molecule has 0 aliphatic carbocycles. The Morgan fingerprint density at radius 1 is 1.33 bits per heavy atom. The second-order valence-electron chi connectivity index (χ2n) is 5.94. The van der Waals surface area contributed by atoms with Crippen LogP contribution in [0.3, 0.4) is 0 Å². The van der Waals surface area contributed by atoms with Crippen molar-refractivity contribution in [1.29, 1.82) is 0 Å². The summed E-state index contributed by atoms with van der Waals surface area (Å²) in [6, 6.07) is 9.70. The molecule has 1 aromatic carbocycles. The van der Waals surface area contributed by atoms with Crippen molar-refractivity contribution in [2.24, 2.45) is 0 Å². The maximum Gasteiger partial charge on any atom is 0.260 e. The fraction of sp³-hybridized carbons (Fsp3) is 0.389. The Morgan fingerprint density at radius 2 is 2.00 bits per heavy atom. The minimum atomic E-state index is -0.258. The van der Waals surface area contributed by atoms with E-state index < -0.39 is 0 Å². The van der Waals surface area contributed by atoms with Gasteiger partial charge in [-0.25, -0.2) is 0 Å². The molecule has 0 N–H and O–H groups in total. The predicted molar refractivity (Wildman–Crippen MR) is 85.3 cm³/mol. The Morgan fingerprint density at radius 3 is 2.62 bits per heavy atom. The van der Waals surface area contributed by atoms with Crippen molar-refractivity contribution in [2.45, 2.75) is 39.2 Å². The van der Waals surface area contributed by atoms with Gasteiger partial charge < -0.3 is 9.64 Å². The van der Waals surface area contributed by atoms with E-state index in [9.17, 15) is 4.79 Å². The van der Waals surface area contributed by atoms with Crippen LogP contribution in [0.5, 0.6) is 0 Å². The summed E-state index contributed by atoms with van der Waals surface area (Å²) >= 11 is 0. The highest BCUT2D eigenvalue weighted by atomic mass is 16.5. The number of amides is 1. The summed E-state index contributed by atoms with van der Waals surface area (Å²) in [5, 5.41) is 0. The highest BCUT2D eigenvalue weighted by Crippen LogP contribution is 2.32. The molecule has 0 fully saturated rings. The molecule has 3 nitrogen and oxygen atoms in total. The van der Waals surface area contributed by atoms with E-state index >= 15 is 0 Å². The number of allylic oxidation sites excluding steroid dienone is 2. The summed E-state index contributed by atoms with van der Waals surface area (Å²) in [5.74, 6) is 0.737. The molecule has 1 aliphatic heterocycles. The summed E-state index contributed by atoms with van der Waals surface area (Å²) in [7, 11) is 0. The zero-order valence-corrected chi connectivity index (χ0v) is 13.1. The lowest BCUT2D eigenvalue weighted by atomic mass is 9.93. The van der Waals surface area contributed by atoms with Gasteiger partial charge in [-0.1, -0.05) is 36.4 Å². The number of hydrogen-bond donors (Lipinski definition) is 0. The Balaban J connectivity index is 2.31. The fourth-order valence-corrected chi connectivity index (χ4v) is 2.55. The molecule has 1 aromatic rings. The number of rotatable bonds is 5. The zero-order chi connectivity index (χ0) is 15.5. The molecule has 0 atom stereocenters. The first-order valence-electron chi connectivity index (χ1n) is 7.29. The lowest BCUT2D eigenvalue weighted by Gasteiger charge is -2.41. The predicted octanol–water partition coefficient (Wildman–Crippen LogP) is 3.98. The average Bonchev–Trinajstić information content (AvgIpc) is 2.46. The van der Waals surface area contributed by atoms with Gasteiger partial charge in [-0.3, -0.25) is 4.79 Å². The van der Waals surface area contributed by atoms with Crippen LogP contribution in [0, 0.1) is 0 Å². The largest absolute Gasteiger partial charge is 0.477 e. The maximum atomic E-state index is 12.9. The number of carbonyl (C=O) groups is 1. The van der Waals surface area contributed by atoms with Crippen LogP contribution in [-0.4, -0.2) is 23.1 Å². The Kier molecular flexibility index (Phi) is 4.51. The van der Waals surface area contributed by atoms with E-state index in [2.05, 4.69) is 20.4 Å². The van der Waals surface area contributed by atoms with Gasteiger partial charge in [-0.05, 0) is 39.2 Å². The van der Waals surface area contributed by atoms with Crippen molar-refractivity contribution < 1.29 is 9.53 Å². The van der Waals surface area contributed by atoms with Crippen LogP contribution in [-0.2, 0) is 9.53 Å². The van der Waals surface area contributed by atoms with Gasteiger partial charge in [0.2, 0.25) is 0 Å². The molecule has 0 unspecified atom stereocenters.